The number of ether oxygens (including phenoxy) is 2. The molecule has 0 bridgehead atoms. The van der Waals surface area contributed by atoms with Crippen molar-refractivity contribution in [3.8, 4) is 5.75 Å². The molecule has 0 spiro atoms. The number of amides is 1. The first-order valence-corrected chi connectivity index (χ1v) is 9.13. The van der Waals surface area contributed by atoms with Crippen molar-refractivity contribution in [2.24, 2.45) is 0 Å². The number of morpholine rings is 1. The number of nitrogens with zero attached hydrogens (tertiary/aromatic N) is 2. The van der Waals surface area contributed by atoms with E-state index < -0.39 is 0 Å². The van der Waals surface area contributed by atoms with E-state index in [9.17, 15) is 4.79 Å². The van der Waals surface area contributed by atoms with Gasteiger partial charge in [-0.2, -0.15) is 0 Å². The van der Waals surface area contributed by atoms with Crippen LogP contribution < -0.4 is 14.5 Å². The highest BCUT2D eigenvalue weighted by Gasteiger charge is 2.25. The molecule has 2 aliphatic heterocycles. The van der Waals surface area contributed by atoms with Gasteiger partial charge in [0, 0.05) is 31.0 Å². The van der Waals surface area contributed by atoms with Crippen LogP contribution in [0.25, 0.3) is 0 Å². The van der Waals surface area contributed by atoms with E-state index in [2.05, 4.69) is 23.1 Å². The van der Waals surface area contributed by atoms with Crippen molar-refractivity contribution in [2.45, 2.75) is 12.8 Å². The van der Waals surface area contributed by atoms with Crippen LogP contribution in [0.4, 0.5) is 11.4 Å². The molecule has 2 heterocycles. The third-order valence-electron chi connectivity index (χ3n) is 5.15. The molecule has 1 saturated heterocycles. The predicted molar refractivity (Wildman–Crippen MR) is 102 cm³/mol. The molecule has 26 heavy (non-hydrogen) atoms. The van der Waals surface area contributed by atoms with Gasteiger partial charge in [0.15, 0.2) is 0 Å². The molecule has 1 amide bonds. The lowest BCUT2D eigenvalue weighted by Gasteiger charge is -2.29. The third-order valence-corrected chi connectivity index (χ3v) is 5.15. The average Bonchev–Trinajstić information content (AvgIpc) is 3.12. The summed E-state index contributed by atoms with van der Waals surface area (Å²) in [4.78, 5) is 17.1. The maximum Gasteiger partial charge on any atom is 0.231 e. The van der Waals surface area contributed by atoms with Crippen molar-refractivity contribution < 1.29 is 14.3 Å². The second kappa shape index (κ2) is 7.38. The van der Waals surface area contributed by atoms with Crippen LogP contribution in [0, 0.1) is 0 Å². The molecule has 0 N–H and O–H groups in total. The zero-order valence-electron chi connectivity index (χ0n) is 15.1. The fourth-order valence-corrected chi connectivity index (χ4v) is 3.68. The Morgan fingerprint density at radius 3 is 2.58 bits per heavy atom. The van der Waals surface area contributed by atoms with Gasteiger partial charge in [0.05, 0.1) is 26.7 Å². The van der Waals surface area contributed by atoms with Crippen LogP contribution in [-0.2, 0) is 22.4 Å². The maximum absolute atomic E-state index is 12.8. The summed E-state index contributed by atoms with van der Waals surface area (Å²) in [6.45, 7) is 4.18. The number of carbonyl (C=O) groups excluding carboxylic acids is 1. The summed E-state index contributed by atoms with van der Waals surface area (Å²) in [5.41, 5.74) is 4.56. The Morgan fingerprint density at radius 1 is 1.08 bits per heavy atom. The summed E-state index contributed by atoms with van der Waals surface area (Å²) < 4.78 is 10.6. The van der Waals surface area contributed by atoms with Crippen LogP contribution in [-0.4, -0.2) is 45.9 Å². The fourth-order valence-electron chi connectivity index (χ4n) is 3.68. The SMILES string of the molecule is COc1ccc(CC(=O)N2CCc3cc(N4CCOCC4)ccc32)cc1. The summed E-state index contributed by atoms with van der Waals surface area (Å²) in [5, 5.41) is 0. The van der Waals surface area contributed by atoms with Crippen LogP contribution in [0.1, 0.15) is 11.1 Å². The molecule has 5 heteroatoms. The van der Waals surface area contributed by atoms with E-state index in [0.717, 1.165) is 56.3 Å². The van der Waals surface area contributed by atoms with Gasteiger partial charge in [-0.05, 0) is 47.9 Å². The molecule has 0 aliphatic carbocycles. The van der Waals surface area contributed by atoms with E-state index in [0.29, 0.717) is 6.42 Å². The highest BCUT2D eigenvalue weighted by atomic mass is 16.5. The second-order valence-corrected chi connectivity index (χ2v) is 6.73. The molecular weight excluding hydrogens is 328 g/mol. The molecule has 2 aromatic carbocycles. The minimum Gasteiger partial charge on any atom is -0.497 e. The molecule has 1 fully saturated rings. The number of benzene rings is 2. The Morgan fingerprint density at radius 2 is 1.85 bits per heavy atom. The molecule has 2 aliphatic rings. The Balaban J connectivity index is 1.47. The van der Waals surface area contributed by atoms with Crippen LogP contribution in [0.15, 0.2) is 42.5 Å². The molecule has 0 aromatic heterocycles. The molecule has 0 saturated carbocycles. The zero-order chi connectivity index (χ0) is 17.9. The largest absolute Gasteiger partial charge is 0.497 e. The predicted octanol–water partition coefficient (Wildman–Crippen LogP) is 2.66. The summed E-state index contributed by atoms with van der Waals surface area (Å²) in [6.07, 6.45) is 1.33. The molecule has 5 nitrogen and oxygen atoms in total. The van der Waals surface area contributed by atoms with Crippen molar-refractivity contribution in [1.29, 1.82) is 0 Å². The fraction of sp³-hybridized carbons (Fsp3) is 0.381. The summed E-state index contributed by atoms with van der Waals surface area (Å²) in [7, 11) is 1.65. The summed E-state index contributed by atoms with van der Waals surface area (Å²) >= 11 is 0. The first-order chi connectivity index (χ1) is 12.7. The van der Waals surface area contributed by atoms with Gasteiger partial charge in [0.1, 0.15) is 5.75 Å². The maximum atomic E-state index is 12.8. The number of hydrogen-bond acceptors (Lipinski definition) is 4. The lowest BCUT2D eigenvalue weighted by atomic mass is 10.1. The van der Waals surface area contributed by atoms with Gasteiger partial charge in [-0.1, -0.05) is 12.1 Å². The Kier molecular flexibility index (Phi) is 4.80. The number of fused-ring (bicyclic) bond motifs is 1. The Hall–Kier alpha value is -2.53. The summed E-state index contributed by atoms with van der Waals surface area (Å²) in [6, 6.07) is 14.2. The van der Waals surface area contributed by atoms with Gasteiger partial charge in [-0.15, -0.1) is 0 Å². The molecule has 0 unspecified atom stereocenters. The number of rotatable bonds is 4. The topological polar surface area (TPSA) is 42.0 Å². The number of hydrogen-bond donors (Lipinski definition) is 0. The molecular formula is C21H24N2O3. The molecule has 0 atom stereocenters. The van der Waals surface area contributed by atoms with E-state index in [1.165, 1.54) is 11.3 Å². The quantitative estimate of drug-likeness (QED) is 0.848. The molecule has 4 rings (SSSR count). The molecule has 0 radical (unpaired) electrons. The standard InChI is InChI=1S/C21H24N2O3/c1-25-19-5-2-16(3-6-19)14-21(24)23-9-8-17-15-18(4-7-20(17)23)22-10-12-26-13-11-22/h2-7,15H,8-14H2,1H3. The van der Waals surface area contributed by atoms with Gasteiger partial charge >= 0.3 is 0 Å². The first-order valence-electron chi connectivity index (χ1n) is 9.13. The highest BCUT2D eigenvalue weighted by Crippen LogP contribution is 2.32. The van der Waals surface area contributed by atoms with Gasteiger partial charge in [0.2, 0.25) is 5.91 Å². The Bertz CT molecular complexity index is 782. The number of carbonyl (C=O) groups is 1. The third kappa shape index (κ3) is 3.40. The van der Waals surface area contributed by atoms with E-state index in [1.54, 1.807) is 7.11 Å². The van der Waals surface area contributed by atoms with Crippen LogP contribution in [0.2, 0.25) is 0 Å². The van der Waals surface area contributed by atoms with Crippen molar-refractivity contribution in [3.05, 3.63) is 53.6 Å². The lowest BCUT2D eigenvalue weighted by Crippen LogP contribution is -2.36. The van der Waals surface area contributed by atoms with Crippen molar-refractivity contribution in [2.75, 3.05) is 49.8 Å². The van der Waals surface area contributed by atoms with Crippen LogP contribution >= 0.6 is 0 Å². The minimum atomic E-state index is 0.146. The number of methoxy groups -OCH3 is 1. The monoisotopic (exact) mass is 352 g/mol. The van der Waals surface area contributed by atoms with E-state index >= 15 is 0 Å². The van der Waals surface area contributed by atoms with E-state index in [4.69, 9.17) is 9.47 Å². The number of anilines is 2. The van der Waals surface area contributed by atoms with Gasteiger partial charge in [-0.25, -0.2) is 0 Å². The van der Waals surface area contributed by atoms with Crippen molar-refractivity contribution in [1.82, 2.24) is 0 Å². The zero-order valence-corrected chi connectivity index (χ0v) is 15.1. The van der Waals surface area contributed by atoms with E-state index in [1.807, 2.05) is 29.2 Å². The van der Waals surface area contributed by atoms with Crippen LogP contribution in [0.3, 0.4) is 0 Å². The Labute approximate surface area is 154 Å². The van der Waals surface area contributed by atoms with Gasteiger partial charge < -0.3 is 19.3 Å². The van der Waals surface area contributed by atoms with E-state index in [-0.39, 0.29) is 5.91 Å². The van der Waals surface area contributed by atoms with Gasteiger partial charge in [0.25, 0.3) is 0 Å². The first kappa shape index (κ1) is 16.9. The van der Waals surface area contributed by atoms with Crippen LogP contribution in [0.5, 0.6) is 5.75 Å². The highest BCUT2D eigenvalue weighted by molar-refractivity contribution is 5.97. The molecule has 136 valence electrons. The smallest absolute Gasteiger partial charge is 0.231 e. The van der Waals surface area contributed by atoms with Crippen molar-refractivity contribution >= 4 is 17.3 Å². The average molecular weight is 352 g/mol. The molecule has 2 aromatic rings. The normalized spacial score (nSPS) is 16.5. The summed E-state index contributed by atoms with van der Waals surface area (Å²) in [5.74, 6) is 0.955. The van der Waals surface area contributed by atoms with Gasteiger partial charge in [-0.3, -0.25) is 4.79 Å². The lowest BCUT2D eigenvalue weighted by molar-refractivity contribution is -0.117. The second-order valence-electron chi connectivity index (χ2n) is 6.73. The minimum absolute atomic E-state index is 0.146. The van der Waals surface area contributed by atoms with Crippen molar-refractivity contribution in [3.63, 3.8) is 0 Å².